The minimum absolute atomic E-state index is 0.0451. The second-order valence-electron chi connectivity index (χ2n) is 6.36. The van der Waals surface area contributed by atoms with Crippen LogP contribution in [-0.4, -0.2) is 39.9 Å². The SMILES string of the molecule is O=C(c1ccc(=O)n(-c2ccccc2)n1)N(CCC(F)(F)F)CC1CC1. The molecule has 0 saturated heterocycles. The summed E-state index contributed by atoms with van der Waals surface area (Å²) in [4.78, 5) is 25.9. The first kappa shape index (κ1) is 18.2. The van der Waals surface area contributed by atoms with Crippen LogP contribution >= 0.6 is 0 Å². The Balaban J connectivity index is 1.85. The van der Waals surface area contributed by atoms with Crippen molar-refractivity contribution in [3.05, 3.63) is 58.5 Å². The maximum Gasteiger partial charge on any atom is 0.390 e. The van der Waals surface area contributed by atoms with Gasteiger partial charge in [0.15, 0.2) is 0 Å². The number of carbonyl (C=O) groups excluding carboxylic acids is 1. The van der Waals surface area contributed by atoms with E-state index < -0.39 is 30.6 Å². The number of hydrogen-bond acceptors (Lipinski definition) is 3. The predicted molar refractivity (Wildman–Crippen MR) is 89.1 cm³/mol. The molecular weight excluding hydrogens is 347 g/mol. The lowest BCUT2D eigenvalue weighted by molar-refractivity contribution is -0.136. The van der Waals surface area contributed by atoms with Crippen molar-refractivity contribution >= 4 is 5.91 Å². The summed E-state index contributed by atoms with van der Waals surface area (Å²) in [6.45, 7) is -0.133. The van der Waals surface area contributed by atoms with Crippen LogP contribution in [0.1, 0.15) is 29.8 Å². The largest absolute Gasteiger partial charge is 0.390 e. The van der Waals surface area contributed by atoms with E-state index in [0.29, 0.717) is 5.69 Å². The minimum Gasteiger partial charge on any atom is -0.337 e. The lowest BCUT2D eigenvalue weighted by Gasteiger charge is -2.23. The molecule has 1 aromatic carbocycles. The van der Waals surface area contributed by atoms with Gasteiger partial charge in [-0.15, -0.1) is 0 Å². The Morgan fingerprint density at radius 3 is 2.46 bits per heavy atom. The monoisotopic (exact) mass is 365 g/mol. The first-order chi connectivity index (χ1) is 12.3. The van der Waals surface area contributed by atoms with Crippen molar-refractivity contribution in [3.63, 3.8) is 0 Å². The average molecular weight is 365 g/mol. The van der Waals surface area contributed by atoms with E-state index in [9.17, 15) is 22.8 Å². The van der Waals surface area contributed by atoms with Crippen molar-refractivity contribution in [3.8, 4) is 5.69 Å². The molecule has 1 aliphatic carbocycles. The molecule has 0 atom stereocenters. The van der Waals surface area contributed by atoms with Crippen molar-refractivity contribution in [1.82, 2.24) is 14.7 Å². The third-order valence-corrected chi connectivity index (χ3v) is 4.15. The highest BCUT2D eigenvalue weighted by Gasteiger charge is 2.32. The molecule has 0 spiro atoms. The Kier molecular flexibility index (Phi) is 5.11. The third kappa shape index (κ3) is 4.71. The fourth-order valence-corrected chi connectivity index (χ4v) is 2.59. The molecule has 1 amide bonds. The summed E-state index contributed by atoms with van der Waals surface area (Å²) in [6, 6.07) is 11.0. The summed E-state index contributed by atoms with van der Waals surface area (Å²) in [5, 5.41) is 4.07. The van der Waals surface area contributed by atoms with Crippen molar-refractivity contribution in [2.45, 2.75) is 25.4 Å². The van der Waals surface area contributed by atoms with E-state index in [2.05, 4.69) is 5.10 Å². The number of benzene rings is 1. The van der Waals surface area contributed by atoms with Gasteiger partial charge in [0.25, 0.3) is 11.5 Å². The van der Waals surface area contributed by atoms with Gasteiger partial charge in [0.2, 0.25) is 0 Å². The second-order valence-corrected chi connectivity index (χ2v) is 6.36. The van der Waals surface area contributed by atoms with Gasteiger partial charge in [-0.2, -0.15) is 23.0 Å². The van der Waals surface area contributed by atoms with E-state index in [4.69, 9.17) is 0 Å². The van der Waals surface area contributed by atoms with Crippen LogP contribution in [0.4, 0.5) is 13.2 Å². The lowest BCUT2D eigenvalue weighted by atomic mass is 10.2. The van der Waals surface area contributed by atoms with Crippen molar-refractivity contribution in [2.24, 2.45) is 5.92 Å². The maximum atomic E-state index is 12.7. The Hall–Kier alpha value is -2.64. The van der Waals surface area contributed by atoms with Crippen LogP contribution in [0.5, 0.6) is 0 Å². The van der Waals surface area contributed by atoms with Gasteiger partial charge in [-0.3, -0.25) is 9.59 Å². The highest BCUT2D eigenvalue weighted by Crippen LogP contribution is 2.31. The number of amides is 1. The maximum absolute atomic E-state index is 12.7. The smallest absolute Gasteiger partial charge is 0.337 e. The predicted octanol–water partition coefficient (Wildman–Crippen LogP) is 3.04. The number of para-hydroxylation sites is 1. The van der Waals surface area contributed by atoms with Gasteiger partial charge in [0, 0.05) is 19.2 Å². The van der Waals surface area contributed by atoms with Gasteiger partial charge in [-0.1, -0.05) is 18.2 Å². The molecule has 138 valence electrons. The Morgan fingerprint density at radius 1 is 1.15 bits per heavy atom. The fourth-order valence-electron chi connectivity index (χ4n) is 2.59. The Labute approximate surface area is 148 Å². The molecule has 3 rings (SSSR count). The van der Waals surface area contributed by atoms with Crippen molar-refractivity contribution in [1.29, 1.82) is 0 Å². The first-order valence-electron chi connectivity index (χ1n) is 8.35. The van der Waals surface area contributed by atoms with E-state index in [1.165, 1.54) is 17.0 Å². The molecule has 8 heteroatoms. The van der Waals surface area contributed by atoms with Gasteiger partial charge in [0.05, 0.1) is 12.1 Å². The molecule has 0 bridgehead atoms. The summed E-state index contributed by atoms with van der Waals surface area (Å²) < 4.78 is 38.8. The van der Waals surface area contributed by atoms with E-state index in [1.54, 1.807) is 30.3 Å². The molecular formula is C18H18F3N3O2. The van der Waals surface area contributed by atoms with E-state index in [0.717, 1.165) is 17.5 Å². The molecule has 0 N–H and O–H groups in total. The summed E-state index contributed by atoms with van der Waals surface area (Å²) in [6.07, 6.45) is -3.58. The zero-order valence-corrected chi connectivity index (χ0v) is 13.9. The van der Waals surface area contributed by atoms with Crippen LogP contribution in [-0.2, 0) is 0 Å². The first-order valence-corrected chi connectivity index (χ1v) is 8.35. The molecule has 1 aliphatic rings. The van der Waals surface area contributed by atoms with Crippen LogP contribution in [0.25, 0.3) is 5.69 Å². The molecule has 0 aliphatic heterocycles. The molecule has 5 nitrogen and oxygen atoms in total. The highest BCUT2D eigenvalue weighted by atomic mass is 19.4. The quantitative estimate of drug-likeness (QED) is 0.791. The van der Waals surface area contributed by atoms with E-state index in [-0.39, 0.29) is 18.2 Å². The lowest BCUT2D eigenvalue weighted by Crippen LogP contribution is -2.37. The summed E-state index contributed by atoms with van der Waals surface area (Å²) in [5.41, 5.74) is 0.0178. The highest BCUT2D eigenvalue weighted by molar-refractivity contribution is 5.92. The van der Waals surface area contributed by atoms with Gasteiger partial charge < -0.3 is 4.90 Å². The normalized spacial score (nSPS) is 14.3. The van der Waals surface area contributed by atoms with Gasteiger partial charge in [-0.05, 0) is 37.0 Å². The molecule has 2 aromatic rings. The minimum atomic E-state index is -4.33. The van der Waals surface area contributed by atoms with Gasteiger partial charge in [0.1, 0.15) is 5.69 Å². The second kappa shape index (κ2) is 7.31. The number of halogens is 3. The summed E-state index contributed by atoms with van der Waals surface area (Å²) in [5.74, 6) is -0.349. The third-order valence-electron chi connectivity index (χ3n) is 4.15. The van der Waals surface area contributed by atoms with Crippen molar-refractivity contribution in [2.75, 3.05) is 13.1 Å². The molecule has 26 heavy (non-hydrogen) atoms. The number of carbonyl (C=O) groups is 1. The molecule has 1 saturated carbocycles. The van der Waals surface area contributed by atoms with E-state index >= 15 is 0 Å². The average Bonchev–Trinajstić information content (AvgIpc) is 3.42. The fraction of sp³-hybridized carbons (Fsp3) is 0.389. The number of nitrogens with zero attached hydrogens (tertiary/aromatic N) is 3. The van der Waals surface area contributed by atoms with Crippen LogP contribution in [0.2, 0.25) is 0 Å². The van der Waals surface area contributed by atoms with Crippen LogP contribution in [0.15, 0.2) is 47.3 Å². The zero-order valence-electron chi connectivity index (χ0n) is 13.9. The van der Waals surface area contributed by atoms with Gasteiger partial charge in [-0.25, -0.2) is 0 Å². The summed E-state index contributed by atoms with van der Waals surface area (Å²) in [7, 11) is 0. The topological polar surface area (TPSA) is 55.2 Å². The molecule has 0 unspecified atom stereocenters. The molecule has 1 aromatic heterocycles. The number of hydrogen-bond donors (Lipinski definition) is 0. The van der Waals surface area contributed by atoms with Crippen molar-refractivity contribution < 1.29 is 18.0 Å². The summed E-state index contributed by atoms with van der Waals surface area (Å²) >= 11 is 0. The van der Waals surface area contributed by atoms with Crippen LogP contribution in [0, 0.1) is 5.92 Å². The standard InChI is InChI=1S/C18H18F3N3O2/c19-18(20,21)10-11-23(12-13-6-7-13)17(26)15-8-9-16(25)24(22-15)14-4-2-1-3-5-14/h1-5,8-9,13H,6-7,10-12H2. The van der Waals surface area contributed by atoms with Crippen LogP contribution < -0.4 is 5.56 Å². The zero-order chi connectivity index (χ0) is 18.7. The molecule has 1 heterocycles. The molecule has 0 radical (unpaired) electrons. The Bertz CT molecular complexity index is 830. The van der Waals surface area contributed by atoms with Gasteiger partial charge >= 0.3 is 6.18 Å². The molecule has 1 fully saturated rings. The van der Waals surface area contributed by atoms with E-state index in [1.807, 2.05) is 0 Å². The number of aromatic nitrogens is 2. The number of alkyl halides is 3. The number of rotatable bonds is 6. The Morgan fingerprint density at radius 2 is 1.85 bits per heavy atom. The van der Waals surface area contributed by atoms with Crippen LogP contribution in [0.3, 0.4) is 0 Å².